The minimum absolute atomic E-state index is 0.00652. The molecule has 0 fully saturated rings. The van der Waals surface area contributed by atoms with E-state index in [1.54, 1.807) is 36.4 Å². The van der Waals surface area contributed by atoms with Gasteiger partial charge in [0.15, 0.2) is 23.2 Å². The number of ketones is 1. The summed E-state index contributed by atoms with van der Waals surface area (Å²) in [6, 6.07) is 13.8. The highest BCUT2D eigenvalue weighted by Crippen LogP contribution is 2.17. The van der Waals surface area contributed by atoms with E-state index >= 15 is 0 Å². The second-order valence-electron chi connectivity index (χ2n) is 8.96. The highest BCUT2D eigenvalue weighted by atomic mass is 19.2. The number of anilines is 1. The molecule has 0 saturated carbocycles. The molecule has 208 valence electrons. The number of aliphatic hydroxyl groups is 2. The van der Waals surface area contributed by atoms with Crippen LogP contribution >= 0.6 is 0 Å². The molecule has 0 aliphatic rings. The number of Topliss-reactive ketones (excluding diaryl/α,β-unsaturated/α-hetero) is 1. The van der Waals surface area contributed by atoms with Crippen molar-refractivity contribution in [2.24, 2.45) is 0 Å². The Hall–Kier alpha value is -4.46. The van der Waals surface area contributed by atoms with Crippen LogP contribution in [-0.4, -0.2) is 46.6 Å². The summed E-state index contributed by atoms with van der Waals surface area (Å²) in [6.07, 6.45) is -0.771. The van der Waals surface area contributed by atoms with Gasteiger partial charge in [-0.3, -0.25) is 14.4 Å². The van der Waals surface area contributed by atoms with Crippen LogP contribution in [0, 0.1) is 29.3 Å². The molecule has 0 bridgehead atoms. The van der Waals surface area contributed by atoms with Gasteiger partial charge in [0.05, 0.1) is 6.10 Å². The van der Waals surface area contributed by atoms with Gasteiger partial charge in [0.25, 0.3) is 5.91 Å². The normalized spacial score (nSPS) is 12.1. The van der Waals surface area contributed by atoms with E-state index in [1.807, 2.05) is 0 Å². The Kier molecular flexibility index (Phi) is 10.6. The lowest BCUT2D eigenvalue weighted by molar-refractivity contribution is -0.126. The van der Waals surface area contributed by atoms with Gasteiger partial charge in [0, 0.05) is 28.8 Å². The average Bonchev–Trinajstić information content (AvgIpc) is 2.95. The van der Waals surface area contributed by atoms with E-state index in [1.165, 1.54) is 19.1 Å². The molecule has 3 rings (SSSR count). The molecule has 0 aliphatic heterocycles. The van der Waals surface area contributed by atoms with Crippen LogP contribution in [0.2, 0.25) is 0 Å². The highest BCUT2D eigenvalue weighted by Gasteiger charge is 2.25. The van der Waals surface area contributed by atoms with E-state index in [9.17, 15) is 32.7 Å². The van der Waals surface area contributed by atoms with Crippen LogP contribution in [0.4, 0.5) is 18.9 Å². The summed E-state index contributed by atoms with van der Waals surface area (Å²) < 4.78 is 40.1. The Labute approximate surface area is 229 Å². The molecule has 0 aliphatic carbocycles. The quantitative estimate of drug-likeness (QED) is 0.227. The number of halogens is 3. The zero-order valence-electron chi connectivity index (χ0n) is 21.5. The van der Waals surface area contributed by atoms with Crippen molar-refractivity contribution >= 4 is 23.3 Å². The van der Waals surface area contributed by atoms with Crippen LogP contribution in [0.5, 0.6) is 0 Å². The Morgan fingerprint density at radius 1 is 0.875 bits per heavy atom. The molecule has 2 atom stereocenters. The summed E-state index contributed by atoms with van der Waals surface area (Å²) in [5.41, 5.74) is 2.06. The number of hydrogen-bond acceptors (Lipinski definition) is 5. The number of rotatable bonds is 10. The van der Waals surface area contributed by atoms with Crippen molar-refractivity contribution in [1.82, 2.24) is 5.32 Å². The van der Waals surface area contributed by atoms with Gasteiger partial charge in [-0.15, -0.1) is 0 Å². The van der Waals surface area contributed by atoms with Gasteiger partial charge in [-0.05, 0) is 79.9 Å². The van der Waals surface area contributed by atoms with E-state index in [4.69, 9.17) is 5.11 Å². The number of aliphatic hydroxyl groups excluding tert-OH is 2. The molecular formula is C30H27F3N2O5. The minimum atomic E-state index is -1.52. The SMILES string of the molecule is C[C@@H](O)[C@H](NC(=O)c1ccc(C#Cc2ccc(NC(=O)CCCc3ccc(F)c(F)c3F)cc2)cc1)C(=O)CO. The lowest BCUT2D eigenvalue weighted by atomic mass is 10.1. The second-order valence-corrected chi connectivity index (χ2v) is 8.96. The molecule has 3 aromatic carbocycles. The zero-order chi connectivity index (χ0) is 29.2. The van der Waals surface area contributed by atoms with Gasteiger partial charge in [-0.1, -0.05) is 17.9 Å². The van der Waals surface area contributed by atoms with Crippen molar-refractivity contribution in [3.63, 3.8) is 0 Å². The van der Waals surface area contributed by atoms with Crippen LogP contribution in [0.25, 0.3) is 0 Å². The number of nitrogens with one attached hydrogen (secondary N) is 2. The Bertz CT molecular complexity index is 1430. The maximum Gasteiger partial charge on any atom is 0.251 e. The van der Waals surface area contributed by atoms with Gasteiger partial charge in [-0.2, -0.15) is 0 Å². The number of benzene rings is 3. The fourth-order valence-corrected chi connectivity index (χ4v) is 3.70. The molecule has 40 heavy (non-hydrogen) atoms. The number of carbonyl (C=O) groups excluding carboxylic acids is 3. The van der Waals surface area contributed by atoms with E-state index in [0.717, 1.165) is 12.1 Å². The predicted molar refractivity (Wildman–Crippen MR) is 142 cm³/mol. The summed E-state index contributed by atoms with van der Waals surface area (Å²) in [7, 11) is 0. The Morgan fingerprint density at radius 2 is 1.48 bits per heavy atom. The maximum atomic E-state index is 13.7. The van der Waals surface area contributed by atoms with Crippen LogP contribution in [0.3, 0.4) is 0 Å². The molecule has 0 aromatic heterocycles. The van der Waals surface area contributed by atoms with E-state index in [2.05, 4.69) is 22.5 Å². The third-order valence-electron chi connectivity index (χ3n) is 5.90. The van der Waals surface area contributed by atoms with Crippen LogP contribution < -0.4 is 10.6 Å². The first kappa shape index (κ1) is 30.1. The van der Waals surface area contributed by atoms with Crippen molar-refractivity contribution in [3.05, 3.63) is 100 Å². The third-order valence-corrected chi connectivity index (χ3v) is 5.90. The minimum Gasteiger partial charge on any atom is -0.391 e. The number of aryl methyl sites for hydroxylation is 1. The largest absolute Gasteiger partial charge is 0.391 e. The topological polar surface area (TPSA) is 116 Å². The summed E-state index contributed by atoms with van der Waals surface area (Å²) in [5, 5.41) is 23.8. The highest BCUT2D eigenvalue weighted by molar-refractivity contribution is 5.98. The van der Waals surface area contributed by atoms with E-state index in [0.29, 0.717) is 16.8 Å². The fourth-order valence-electron chi connectivity index (χ4n) is 3.70. The number of amides is 2. The molecule has 7 nitrogen and oxygen atoms in total. The molecule has 0 spiro atoms. The lowest BCUT2D eigenvalue weighted by Gasteiger charge is -2.19. The van der Waals surface area contributed by atoms with Gasteiger partial charge in [-0.25, -0.2) is 13.2 Å². The monoisotopic (exact) mass is 552 g/mol. The van der Waals surface area contributed by atoms with Gasteiger partial charge >= 0.3 is 0 Å². The average molecular weight is 553 g/mol. The first-order valence-electron chi connectivity index (χ1n) is 12.4. The molecule has 10 heteroatoms. The molecule has 0 heterocycles. The summed E-state index contributed by atoms with van der Waals surface area (Å²) in [4.78, 5) is 36.3. The summed E-state index contributed by atoms with van der Waals surface area (Å²) in [6.45, 7) is 0.533. The molecule has 3 aromatic rings. The first-order chi connectivity index (χ1) is 19.1. The van der Waals surface area contributed by atoms with Gasteiger partial charge in [0.2, 0.25) is 5.91 Å². The van der Waals surface area contributed by atoms with Crippen molar-refractivity contribution < 1.29 is 37.8 Å². The maximum absolute atomic E-state index is 13.7. The molecular weight excluding hydrogens is 525 g/mol. The van der Waals surface area contributed by atoms with Gasteiger partial charge < -0.3 is 20.8 Å². The van der Waals surface area contributed by atoms with Crippen molar-refractivity contribution in [2.75, 3.05) is 11.9 Å². The second kappa shape index (κ2) is 14.1. The number of hydrogen-bond donors (Lipinski definition) is 4. The van der Waals surface area contributed by atoms with Crippen molar-refractivity contribution in [2.45, 2.75) is 38.3 Å². The zero-order valence-corrected chi connectivity index (χ0v) is 21.5. The lowest BCUT2D eigenvalue weighted by Crippen LogP contribution is -2.48. The van der Waals surface area contributed by atoms with Gasteiger partial charge in [0.1, 0.15) is 12.6 Å². The third kappa shape index (κ3) is 8.27. The smallest absolute Gasteiger partial charge is 0.251 e. The Morgan fingerprint density at radius 3 is 2.05 bits per heavy atom. The Balaban J connectivity index is 1.51. The number of carbonyl (C=O) groups is 3. The fraction of sp³-hybridized carbons (Fsp3) is 0.233. The molecule has 0 radical (unpaired) electrons. The molecule has 0 unspecified atom stereocenters. The van der Waals surface area contributed by atoms with Crippen molar-refractivity contribution in [1.29, 1.82) is 0 Å². The molecule has 4 N–H and O–H groups in total. The van der Waals surface area contributed by atoms with E-state index in [-0.39, 0.29) is 36.3 Å². The summed E-state index contributed by atoms with van der Waals surface area (Å²) >= 11 is 0. The van der Waals surface area contributed by atoms with Crippen LogP contribution in [-0.2, 0) is 16.0 Å². The van der Waals surface area contributed by atoms with Crippen molar-refractivity contribution in [3.8, 4) is 11.8 Å². The summed E-state index contributed by atoms with van der Waals surface area (Å²) in [5.74, 6) is 0.300. The van der Waals surface area contributed by atoms with Crippen LogP contribution in [0.15, 0.2) is 60.7 Å². The predicted octanol–water partition coefficient (Wildman–Crippen LogP) is 3.51. The van der Waals surface area contributed by atoms with E-state index < -0.39 is 47.9 Å². The van der Waals surface area contributed by atoms with Crippen LogP contribution in [0.1, 0.15) is 46.8 Å². The molecule has 0 saturated heterocycles. The first-order valence-corrected chi connectivity index (χ1v) is 12.4. The molecule has 2 amide bonds. The standard InChI is InChI=1S/C30H27F3N2O5/c1-18(37)29(25(38)17-36)35-30(40)22-11-7-19(8-12-22)5-6-20-9-14-23(15-10-20)34-26(39)4-2-3-21-13-16-24(31)28(33)27(21)32/h7-16,18,29,36-37H,2-4,17H2,1H3,(H,34,39)(H,35,40)/t18-,29+/m1/s1.